The Kier molecular flexibility index (Phi) is 3.85. The second-order valence-corrected chi connectivity index (χ2v) is 6.16. The second-order valence-electron chi connectivity index (χ2n) is 6.16. The van der Waals surface area contributed by atoms with Crippen LogP contribution in [0.15, 0.2) is 24.4 Å². The van der Waals surface area contributed by atoms with Crippen LogP contribution in [0, 0.1) is 11.3 Å². The van der Waals surface area contributed by atoms with Crippen LogP contribution in [0.2, 0.25) is 0 Å². The van der Waals surface area contributed by atoms with Crippen molar-refractivity contribution in [1.29, 1.82) is 0 Å². The fourth-order valence-electron chi connectivity index (χ4n) is 3.66. The van der Waals surface area contributed by atoms with Crippen molar-refractivity contribution in [2.75, 3.05) is 44.8 Å². The fraction of sp³-hybridized carbons (Fsp3) is 0.625. The first kappa shape index (κ1) is 14.3. The van der Waals surface area contributed by atoms with E-state index in [1.807, 2.05) is 29.3 Å². The number of rotatable bonds is 4. The van der Waals surface area contributed by atoms with E-state index in [0.717, 1.165) is 31.9 Å². The third-order valence-electron chi connectivity index (χ3n) is 4.99. The van der Waals surface area contributed by atoms with Gasteiger partial charge in [-0.05, 0) is 24.5 Å². The molecule has 2 aliphatic rings. The Morgan fingerprint density at radius 2 is 2.33 bits per heavy atom. The average molecular weight is 289 g/mol. The van der Waals surface area contributed by atoms with Crippen LogP contribution in [0.5, 0.6) is 0 Å². The van der Waals surface area contributed by atoms with Gasteiger partial charge in [-0.3, -0.25) is 4.79 Å². The largest absolute Gasteiger partial charge is 0.383 e. The topological polar surface area (TPSA) is 45.7 Å². The lowest BCUT2D eigenvalue weighted by Gasteiger charge is -2.26. The molecule has 0 unspecified atom stereocenters. The molecule has 0 bridgehead atoms. The van der Waals surface area contributed by atoms with Crippen LogP contribution in [-0.2, 0) is 9.53 Å². The monoisotopic (exact) mass is 289 g/mol. The number of carbonyl (C=O) groups is 1. The molecule has 2 saturated heterocycles. The SMILES string of the molecule is COCCN1CC[C@@]2(CN(c3ccccn3)C[C@@H]2C)C1=O. The highest BCUT2D eigenvalue weighted by Gasteiger charge is 2.55. The molecule has 0 saturated carbocycles. The molecule has 0 N–H and O–H groups in total. The van der Waals surface area contributed by atoms with Crippen LogP contribution < -0.4 is 4.90 Å². The summed E-state index contributed by atoms with van der Waals surface area (Å²) >= 11 is 0. The van der Waals surface area contributed by atoms with E-state index in [-0.39, 0.29) is 5.41 Å². The van der Waals surface area contributed by atoms with Crippen molar-refractivity contribution in [3.63, 3.8) is 0 Å². The molecule has 2 atom stereocenters. The zero-order chi connectivity index (χ0) is 14.9. The molecular weight excluding hydrogens is 266 g/mol. The van der Waals surface area contributed by atoms with E-state index < -0.39 is 0 Å². The number of pyridine rings is 1. The van der Waals surface area contributed by atoms with Crippen molar-refractivity contribution in [3.8, 4) is 0 Å². The van der Waals surface area contributed by atoms with E-state index in [1.54, 1.807) is 7.11 Å². The first-order valence-electron chi connectivity index (χ1n) is 7.62. The Morgan fingerprint density at radius 3 is 3.05 bits per heavy atom. The van der Waals surface area contributed by atoms with Crippen molar-refractivity contribution < 1.29 is 9.53 Å². The summed E-state index contributed by atoms with van der Waals surface area (Å²) in [6.45, 7) is 6.05. The zero-order valence-corrected chi connectivity index (χ0v) is 12.8. The predicted octanol–water partition coefficient (Wildman–Crippen LogP) is 1.40. The summed E-state index contributed by atoms with van der Waals surface area (Å²) in [4.78, 5) is 21.5. The number of hydrogen-bond acceptors (Lipinski definition) is 4. The van der Waals surface area contributed by atoms with E-state index in [0.29, 0.717) is 25.0 Å². The van der Waals surface area contributed by atoms with Gasteiger partial charge in [0.1, 0.15) is 5.82 Å². The van der Waals surface area contributed by atoms with Gasteiger partial charge in [-0.15, -0.1) is 0 Å². The number of methoxy groups -OCH3 is 1. The van der Waals surface area contributed by atoms with Crippen LogP contribution in [0.1, 0.15) is 13.3 Å². The minimum atomic E-state index is -0.231. The number of ether oxygens (including phenoxy) is 1. The van der Waals surface area contributed by atoms with Crippen LogP contribution in [0.3, 0.4) is 0 Å². The highest BCUT2D eigenvalue weighted by atomic mass is 16.5. The molecule has 21 heavy (non-hydrogen) atoms. The molecule has 3 heterocycles. The number of anilines is 1. The number of nitrogens with zero attached hydrogens (tertiary/aromatic N) is 3. The maximum Gasteiger partial charge on any atom is 0.231 e. The molecule has 3 rings (SSSR count). The normalized spacial score (nSPS) is 28.9. The second kappa shape index (κ2) is 5.64. The quantitative estimate of drug-likeness (QED) is 0.840. The lowest BCUT2D eigenvalue weighted by atomic mass is 9.78. The van der Waals surface area contributed by atoms with Crippen molar-refractivity contribution in [2.45, 2.75) is 13.3 Å². The van der Waals surface area contributed by atoms with Gasteiger partial charge in [0.25, 0.3) is 0 Å². The third kappa shape index (κ3) is 2.39. The Hall–Kier alpha value is -1.62. The minimum absolute atomic E-state index is 0.231. The van der Waals surface area contributed by atoms with Gasteiger partial charge in [-0.2, -0.15) is 0 Å². The van der Waals surface area contributed by atoms with Crippen LogP contribution in [0.25, 0.3) is 0 Å². The van der Waals surface area contributed by atoms with Gasteiger partial charge in [0, 0.05) is 39.5 Å². The Morgan fingerprint density at radius 1 is 1.48 bits per heavy atom. The number of aromatic nitrogens is 1. The average Bonchev–Trinajstić information content (AvgIpc) is 3.01. The molecule has 2 aliphatic heterocycles. The van der Waals surface area contributed by atoms with Gasteiger partial charge in [0.2, 0.25) is 5.91 Å². The Bertz CT molecular complexity index is 508. The highest BCUT2D eigenvalue weighted by Crippen LogP contribution is 2.45. The molecule has 0 aliphatic carbocycles. The van der Waals surface area contributed by atoms with Crippen molar-refractivity contribution >= 4 is 11.7 Å². The van der Waals surface area contributed by atoms with E-state index in [4.69, 9.17) is 4.74 Å². The van der Waals surface area contributed by atoms with E-state index in [2.05, 4.69) is 16.8 Å². The standard InChI is InChI=1S/C16H23N3O2/c1-13-11-19(14-5-3-4-7-17-14)12-16(13)6-8-18(15(16)20)9-10-21-2/h3-5,7,13H,6,8-12H2,1-2H3/t13-,16-/m0/s1. The third-order valence-corrected chi connectivity index (χ3v) is 4.99. The number of likely N-dealkylation sites (tertiary alicyclic amines) is 1. The number of amides is 1. The summed E-state index contributed by atoms with van der Waals surface area (Å²) in [6.07, 6.45) is 2.76. The van der Waals surface area contributed by atoms with Gasteiger partial charge in [0.15, 0.2) is 0 Å². The number of hydrogen-bond donors (Lipinski definition) is 0. The van der Waals surface area contributed by atoms with Gasteiger partial charge < -0.3 is 14.5 Å². The lowest BCUT2D eigenvalue weighted by molar-refractivity contribution is -0.137. The molecule has 114 valence electrons. The van der Waals surface area contributed by atoms with Gasteiger partial charge in [-0.25, -0.2) is 4.98 Å². The molecule has 1 aromatic heterocycles. The van der Waals surface area contributed by atoms with Crippen molar-refractivity contribution in [1.82, 2.24) is 9.88 Å². The highest BCUT2D eigenvalue weighted by molar-refractivity contribution is 5.86. The lowest BCUT2D eigenvalue weighted by Crippen LogP contribution is -2.40. The van der Waals surface area contributed by atoms with E-state index in [1.165, 1.54) is 0 Å². The summed E-state index contributed by atoms with van der Waals surface area (Å²) in [7, 11) is 1.68. The van der Waals surface area contributed by atoms with E-state index >= 15 is 0 Å². The zero-order valence-electron chi connectivity index (χ0n) is 12.8. The van der Waals surface area contributed by atoms with Gasteiger partial charge in [-0.1, -0.05) is 13.0 Å². The smallest absolute Gasteiger partial charge is 0.231 e. The van der Waals surface area contributed by atoms with E-state index in [9.17, 15) is 4.79 Å². The van der Waals surface area contributed by atoms with Crippen molar-refractivity contribution in [3.05, 3.63) is 24.4 Å². The van der Waals surface area contributed by atoms with Gasteiger partial charge in [0.05, 0.1) is 12.0 Å². The molecular formula is C16H23N3O2. The van der Waals surface area contributed by atoms with Crippen LogP contribution in [-0.4, -0.2) is 55.7 Å². The number of carbonyl (C=O) groups excluding carboxylic acids is 1. The molecule has 1 spiro atoms. The predicted molar refractivity (Wildman–Crippen MR) is 81.1 cm³/mol. The maximum absolute atomic E-state index is 12.8. The van der Waals surface area contributed by atoms with Gasteiger partial charge >= 0.3 is 0 Å². The summed E-state index contributed by atoms with van der Waals surface area (Å²) in [5.74, 6) is 1.63. The molecule has 5 heteroatoms. The fourth-order valence-corrected chi connectivity index (χ4v) is 3.66. The van der Waals surface area contributed by atoms with Crippen molar-refractivity contribution in [2.24, 2.45) is 11.3 Å². The summed E-state index contributed by atoms with van der Waals surface area (Å²) in [5.41, 5.74) is -0.231. The molecule has 2 fully saturated rings. The van der Waals surface area contributed by atoms with Crippen LogP contribution >= 0.6 is 0 Å². The first-order chi connectivity index (χ1) is 10.2. The molecule has 1 aromatic rings. The summed E-state index contributed by atoms with van der Waals surface area (Å²) in [5, 5.41) is 0. The Balaban J connectivity index is 1.76. The molecule has 0 radical (unpaired) electrons. The summed E-state index contributed by atoms with van der Waals surface area (Å²) < 4.78 is 5.11. The Labute approximate surface area is 125 Å². The maximum atomic E-state index is 12.8. The minimum Gasteiger partial charge on any atom is -0.383 e. The molecule has 1 amide bonds. The molecule has 5 nitrogen and oxygen atoms in total. The molecule has 0 aromatic carbocycles. The first-order valence-corrected chi connectivity index (χ1v) is 7.62. The van der Waals surface area contributed by atoms with Crippen LogP contribution in [0.4, 0.5) is 5.82 Å². The summed E-state index contributed by atoms with van der Waals surface area (Å²) in [6, 6.07) is 5.94.